The molecule has 4 heteroatoms. The van der Waals surface area contributed by atoms with E-state index in [1.165, 1.54) is 37.8 Å². The molecule has 2 aromatic rings. The molecule has 0 atom stereocenters. The van der Waals surface area contributed by atoms with E-state index in [0.717, 1.165) is 5.69 Å². The van der Waals surface area contributed by atoms with Gasteiger partial charge in [-0.2, -0.15) is 4.98 Å². The summed E-state index contributed by atoms with van der Waals surface area (Å²) in [7, 11) is 2.01. The molecule has 0 unspecified atom stereocenters. The van der Waals surface area contributed by atoms with Gasteiger partial charge < -0.3 is 9.09 Å². The van der Waals surface area contributed by atoms with Crippen molar-refractivity contribution in [2.75, 3.05) is 0 Å². The fourth-order valence-electron chi connectivity index (χ4n) is 2.79. The third-order valence-corrected chi connectivity index (χ3v) is 4.20. The lowest BCUT2D eigenvalue weighted by molar-refractivity contribution is 0.406. The molecule has 0 spiro atoms. The highest BCUT2D eigenvalue weighted by Gasteiger charge is 2.13. The van der Waals surface area contributed by atoms with Gasteiger partial charge in [0.05, 0.1) is 5.69 Å². The van der Waals surface area contributed by atoms with Gasteiger partial charge in [-0.1, -0.05) is 30.5 Å². The summed E-state index contributed by atoms with van der Waals surface area (Å²) >= 11 is 0. The van der Waals surface area contributed by atoms with Crippen molar-refractivity contribution in [1.29, 1.82) is 0 Å². The SMILES string of the molecule is Cc1ccc(-c2noc(C=CC3CCCCC3)n2)n1C. The highest BCUT2D eigenvalue weighted by atomic mass is 16.5. The second-order valence-electron chi connectivity index (χ2n) is 5.63. The molecule has 0 aromatic carbocycles. The third kappa shape index (κ3) is 2.69. The Morgan fingerprint density at radius 3 is 2.75 bits per heavy atom. The lowest BCUT2D eigenvalue weighted by atomic mass is 9.89. The van der Waals surface area contributed by atoms with Gasteiger partial charge >= 0.3 is 0 Å². The second kappa shape index (κ2) is 5.65. The first-order valence-corrected chi connectivity index (χ1v) is 7.38. The number of aryl methyl sites for hydroxylation is 1. The summed E-state index contributed by atoms with van der Waals surface area (Å²) in [6.45, 7) is 2.06. The quantitative estimate of drug-likeness (QED) is 0.848. The van der Waals surface area contributed by atoms with Crippen molar-refractivity contribution in [3.63, 3.8) is 0 Å². The van der Waals surface area contributed by atoms with Gasteiger partial charge in [0.1, 0.15) is 0 Å². The van der Waals surface area contributed by atoms with Gasteiger partial charge in [-0.3, -0.25) is 0 Å². The first-order chi connectivity index (χ1) is 9.74. The Morgan fingerprint density at radius 1 is 1.25 bits per heavy atom. The third-order valence-electron chi connectivity index (χ3n) is 4.20. The Morgan fingerprint density at radius 2 is 2.05 bits per heavy atom. The highest BCUT2D eigenvalue weighted by molar-refractivity contribution is 5.52. The predicted octanol–water partition coefficient (Wildman–Crippen LogP) is 3.98. The Hall–Kier alpha value is -1.84. The van der Waals surface area contributed by atoms with E-state index in [2.05, 4.69) is 33.8 Å². The summed E-state index contributed by atoms with van der Waals surface area (Å²) < 4.78 is 7.38. The van der Waals surface area contributed by atoms with E-state index in [4.69, 9.17) is 4.52 Å². The van der Waals surface area contributed by atoms with Crippen LogP contribution in [0.3, 0.4) is 0 Å². The first-order valence-electron chi connectivity index (χ1n) is 7.38. The monoisotopic (exact) mass is 271 g/mol. The fraction of sp³-hybridized carbons (Fsp3) is 0.500. The van der Waals surface area contributed by atoms with E-state index in [1.807, 2.05) is 19.2 Å². The molecule has 0 aliphatic heterocycles. The fourth-order valence-corrected chi connectivity index (χ4v) is 2.79. The zero-order valence-electron chi connectivity index (χ0n) is 12.2. The summed E-state index contributed by atoms with van der Waals surface area (Å²) in [5.74, 6) is 1.93. The van der Waals surface area contributed by atoms with Gasteiger partial charge in [0.2, 0.25) is 5.82 Å². The molecule has 2 heterocycles. The predicted molar refractivity (Wildman–Crippen MR) is 79.1 cm³/mol. The maximum Gasteiger partial charge on any atom is 0.250 e. The normalized spacial score (nSPS) is 17.1. The molecule has 106 valence electrons. The van der Waals surface area contributed by atoms with Gasteiger partial charge in [-0.15, -0.1) is 0 Å². The van der Waals surface area contributed by atoms with Crippen molar-refractivity contribution in [1.82, 2.24) is 14.7 Å². The van der Waals surface area contributed by atoms with Gasteiger partial charge in [-0.05, 0) is 43.9 Å². The molecule has 1 aliphatic rings. The van der Waals surface area contributed by atoms with Crippen molar-refractivity contribution in [3.8, 4) is 11.5 Å². The van der Waals surface area contributed by atoms with Crippen molar-refractivity contribution >= 4 is 6.08 Å². The molecule has 20 heavy (non-hydrogen) atoms. The van der Waals surface area contributed by atoms with E-state index in [-0.39, 0.29) is 0 Å². The van der Waals surface area contributed by atoms with Gasteiger partial charge in [0.15, 0.2) is 0 Å². The van der Waals surface area contributed by atoms with Gasteiger partial charge in [-0.25, -0.2) is 0 Å². The lowest BCUT2D eigenvalue weighted by Crippen LogP contribution is -2.02. The zero-order chi connectivity index (χ0) is 13.9. The van der Waals surface area contributed by atoms with Crippen LogP contribution in [0.4, 0.5) is 0 Å². The maximum atomic E-state index is 5.31. The van der Waals surface area contributed by atoms with Crippen molar-refractivity contribution in [2.45, 2.75) is 39.0 Å². The molecular formula is C16H21N3O. The van der Waals surface area contributed by atoms with E-state index >= 15 is 0 Å². The summed E-state index contributed by atoms with van der Waals surface area (Å²) in [4.78, 5) is 4.45. The summed E-state index contributed by atoms with van der Waals surface area (Å²) in [6.07, 6.45) is 10.8. The molecular weight excluding hydrogens is 250 g/mol. The minimum atomic E-state index is 0.601. The van der Waals surface area contributed by atoms with Crippen LogP contribution in [0.2, 0.25) is 0 Å². The van der Waals surface area contributed by atoms with Crippen LogP contribution in [-0.2, 0) is 7.05 Å². The molecule has 4 nitrogen and oxygen atoms in total. The van der Waals surface area contributed by atoms with Crippen LogP contribution < -0.4 is 0 Å². The second-order valence-corrected chi connectivity index (χ2v) is 5.63. The minimum Gasteiger partial charge on any atom is -0.345 e. The van der Waals surface area contributed by atoms with Crippen LogP contribution >= 0.6 is 0 Å². The van der Waals surface area contributed by atoms with Crippen molar-refractivity contribution in [3.05, 3.63) is 29.8 Å². The summed E-state index contributed by atoms with van der Waals surface area (Å²) in [6, 6.07) is 4.08. The first kappa shape index (κ1) is 13.2. The standard InChI is InChI=1S/C16H21N3O/c1-12-8-10-14(19(12)2)16-17-15(20-18-16)11-9-13-6-4-3-5-7-13/h8-11,13H,3-7H2,1-2H3. The number of rotatable bonds is 3. The lowest BCUT2D eigenvalue weighted by Gasteiger charge is -2.17. The highest BCUT2D eigenvalue weighted by Crippen LogP contribution is 2.25. The maximum absolute atomic E-state index is 5.31. The average Bonchev–Trinajstić information content (AvgIpc) is 3.06. The number of hydrogen-bond donors (Lipinski definition) is 0. The molecule has 1 aliphatic carbocycles. The Kier molecular flexibility index (Phi) is 3.72. The minimum absolute atomic E-state index is 0.601. The number of nitrogens with zero attached hydrogens (tertiary/aromatic N) is 3. The Labute approximate surface area is 119 Å². The molecule has 3 rings (SSSR count). The van der Waals surface area contributed by atoms with Crippen LogP contribution in [-0.4, -0.2) is 14.7 Å². The zero-order valence-corrected chi connectivity index (χ0v) is 12.2. The smallest absolute Gasteiger partial charge is 0.250 e. The molecule has 1 fully saturated rings. The molecule has 0 radical (unpaired) electrons. The van der Waals surface area contributed by atoms with Crippen LogP contribution in [0, 0.1) is 12.8 Å². The van der Waals surface area contributed by atoms with Crippen LogP contribution in [0.25, 0.3) is 17.6 Å². The average molecular weight is 271 g/mol. The van der Waals surface area contributed by atoms with Crippen LogP contribution in [0.5, 0.6) is 0 Å². The largest absolute Gasteiger partial charge is 0.345 e. The summed E-state index contributed by atoms with van der Waals surface area (Å²) in [5, 5.41) is 4.07. The topological polar surface area (TPSA) is 43.9 Å². The Balaban J connectivity index is 1.73. The Bertz CT molecular complexity index is 603. The van der Waals surface area contributed by atoms with Gasteiger partial charge in [0, 0.05) is 12.7 Å². The number of allylic oxidation sites excluding steroid dienone is 1. The van der Waals surface area contributed by atoms with E-state index in [0.29, 0.717) is 17.6 Å². The molecule has 0 saturated heterocycles. The van der Waals surface area contributed by atoms with E-state index in [9.17, 15) is 0 Å². The summed E-state index contributed by atoms with van der Waals surface area (Å²) in [5.41, 5.74) is 2.17. The van der Waals surface area contributed by atoms with E-state index in [1.54, 1.807) is 0 Å². The number of aromatic nitrogens is 3. The van der Waals surface area contributed by atoms with Crippen molar-refractivity contribution < 1.29 is 4.52 Å². The van der Waals surface area contributed by atoms with E-state index < -0.39 is 0 Å². The van der Waals surface area contributed by atoms with Gasteiger partial charge in [0.25, 0.3) is 5.89 Å². The molecule has 0 N–H and O–H groups in total. The molecule has 2 aromatic heterocycles. The van der Waals surface area contributed by atoms with Crippen LogP contribution in [0.1, 0.15) is 43.7 Å². The molecule has 0 amide bonds. The van der Waals surface area contributed by atoms with Crippen molar-refractivity contribution in [2.24, 2.45) is 13.0 Å². The molecule has 0 bridgehead atoms. The number of hydrogen-bond acceptors (Lipinski definition) is 3. The molecule has 1 saturated carbocycles. The van der Waals surface area contributed by atoms with Crippen LogP contribution in [0.15, 0.2) is 22.7 Å².